The second-order valence-electron chi connectivity index (χ2n) is 14.6. The maximum Gasteiger partial charge on any atom is 0.173 e. The number of ether oxygens (including phenoxy) is 3. The highest BCUT2D eigenvalue weighted by Gasteiger charge is 2.66. The third-order valence-corrected chi connectivity index (χ3v) is 12.4. The van der Waals surface area contributed by atoms with Crippen LogP contribution in [0.3, 0.4) is 0 Å². The van der Waals surface area contributed by atoms with Crippen LogP contribution in [0.25, 0.3) is 0 Å². The Balaban J connectivity index is 0.952. The summed E-state index contributed by atoms with van der Waals surface area (Å²) in [5, 5.41) is 24.1. The van der Waals surface area contributed by atoms with Gasteiger partial charge in [0.2, 0.25) is 0 Å². The Morgan fingerprint density at radius 2 is 1.70 bits per heavy atom. The van der Waals surface area contributed by atoms with Crippen molar-refractivity contribution in [1.29, 1.82) is 0 Å². The van der Waals surface area contributed by atoms with Gasteiger partial charge in [-0.3, -0.25) is 14.5 Å². The van der Waals surface area contributed by atoms with Crippen molar-refractivity contribution in [3.8, 4) is 23.0 Å². The molecule has 2 heterocycles. The Labute approximate surface area is 257 Å². The van der Waals surface area contributed by atoms with E-state index in [0.29, 0.717) is 55.1 Å². The zero-order chi connectivity index (χ0) is 29.8. The monoisotopic (exact) mass is 599 g/mol. The van der Waals surface area contributed by atoms with Gasteiger partial charge >= 0.3 is 0 Å². The second-order valence-corrected chi connectivity index (χ2v) is 14.6. The molecule has 8 nitrogen and oxygen atoms in total. The molecular formula is C36H41NO7. The molecule has 0 spiro atoms. The van der Waals surface area contributed by atoms with Gasteiger partial charge in [0, 0.05) is 54.3 Å². The summed E-state index contributed by atoms with van der Waals surface area (Å²) in [4.78, 5) is 28.1. The Morgan fingerprint density at radius 1 is 0.932 bits per heavy atom. The SMILES string of the molecule is O=C1CCC2(O)C3Cc4ccc(OCCOc5ccc6c7c5OC5C(=O)CCC(CC6)C75)c(O)c4C2(CCN3CC2CC2)C1. The summed E-state index contributed by atoms with van der Waals surface area (Å²) in [7, 11) is 0. The van der Waals surface area contributed by atoms with Crippen LogP contribution < -0.4 is 14.2 Å². The molecule has 5 aliphatic carbocycles. The summed E-state index contributed by atoms with van der Waals surface area (Å²) in [6, 6.07) is 7.85. The molecule has 6 unspecified atom stereocenters. The summed E-state index contributed by atoms with van der Waals surface area (Å²) in [6.45, 7) is 2.28. The molecule has 0 radical (unpaired) electrons. The molecule has 7 aliphatic rings. The van der Waals surface area contributed by atoms with Crippen LogP contribution in [0.2, 0.25) is 0 Å². The molecule has 44 heavy (non-hydrogen) atoms. The molecule has 2 aromatic carbocycles. The molecule has 1 saturated heterocycles. The topological polar surface area (TPSA) is 106 Å². The first-order chi connectivity index (χ1) is 21.4. The number of phenols is 1. The van der Waals surface area contributed by atoms with E-state index >= 15 is 0 Å². The highest BCUT2D eigenvalue weighted by Crippen LogP contribution is 2.61. The van der Waals surface area contributed by atoms with Crippen LogP contribution >= 0.6 is 0 Å². The van der Waals surface area contributed by atoms with Gasteiger partial charge in [-0.15, -0.1) is 0 Å². The molecule has 6 atom stereocenters. The molecule has 2 aromatic rings. The van der Waals surface area contributed by atoms with Crippen LogP contribution in [-0.2, 0) is 27.8 Å². The van der Waals surface area contributed by atoms with Crippen LogP contribution in [0, 0.1) is 11.8 Å². The van der Waals surface area contributed by atoms with Crippen LogP contribution in [-0.4, -0.2) is 70.7 Å². The van der Waals surface area contributed by atoms with Crippen molar-refractivity contribution >= 4 is 11.6 Å². The number of hydrogen-bond acceptors (Lipinski definition) is 8. The van der Waals surface area contributed by atoms with Gasteiger partial charge in [0.25, 0.3) is 0 Å². The van der Waals surface area contributed by atoms with Crippen molar-refractivity contribution in [2.75, 3.05) is 26.3 Å². The smallest absolute Gasteiger partial charge is 0.173 e. The number of nitrogens with zero attached hydrogens (tertiary/aromatic N) is 1. The molecule has 0 aromatic heterocycles. The minimum Gasteiger partial charge on any atom is -0.504 e. The number of Topliss-reactive ketones (excluding diaryl/α,β-unsaturated/α-hetero) is 2. The average Bonchev–Trinajstić information content (AvgIpc) is 3.74. The van der Waals surface area contributed by atoms with Crippen LogP contribution in [0.5, 0.6) is 23.0 Å². The molecule has 3 saturated carbocycles. The van der Waals surface area contributed by atoms with E-state index in [1.165, 1.54) is 24.0 Å². The fraction of sp³-hybridized carbons (Fsp3) is 0.611. The summed E-state index contributed by atoms with van der Waals surface area (Å²) in [6.07, 6.45) is 8.19. The predicted octanol–water partition coefficient (Wildman–Crippen LogP) is 4.38. The molecule has 0 amide bonds. The molecule has 232 valence electrons. The van der Waals surface area contributed by atoms with Crippen LogP contribution in [0.15, 0.2) is 24.3 Å². The highest BCUT2D eigenvalue weighted by molar-refractivity contribution is 5.87. The van der Waals surface area contributed by atoms with Gasteiger partial charge in [-0.05, 0) is 93.0 Å². The molecular weight excluding hydrogens is 558 g/mol. The summed E-state index contributed by atoms with van der Waals surface area (Å²) in [5.74, 6) is 3.47. The molecule has 2 N–H and O–H groups in total. The van der Waals surface area contributed by atoms with Crippen molar-refractivity contribution in [2.45, 2.75) is 99.7 Å². The highest BCUT2D eigenvalue weighted by atomic mass is 16.6. The van der Waals surface area contributed by atoms with Gasteiger partial charge in [0.1, 0.15) is 19.0 Å². The Morgan fingerprint density at radius 3 is 2.55 bits per heavy atom. The van der Waals surface area contributed by atoms with Crippen molar-refractivity contribution < 1.29 is 34.0 Å². The third kappa shape index (κ3) is 3.82. The van der Waals surface area contributed by atoms with Crippen molar-refractivity contribution in [1.82, 2.24) is 4.90 Å². The van der Waals surface area contributed by atoms with E-state index in [1.54, 1.807) is 0 Å². The fourth-order valence-corrected chi connectivity index (χ4v) is 10.1. The van der Waals surface area contributed by atoms with Crippen molar-refractivity contribution in [2.24, 2.45) is 11.8 Å². The summed E-state index contributed by atoms with van der Waals surface area (Å²) in [5.41, 5.74) is 2.32. The largest absolute Gasteiger partial charge is 0.504 e. The predicted molar refractivity (Wildman–Crippen MR) is 161 cm³/mol. The van der Waals surface area contributed by atoms with Crippen LogP contribution in [0.4, 0.5) is 0 Å². The third-order valence-electron chi connectivity index (χ3n) is 12.4. The number of hydrogen-bond donors (Lipinski definition) is 2. The minimum absolute atomic E-state index is 0.0397. The number of likely N-dealkylation sites (tertiary alicyclic amines) is 1. The normalized spacial score (nSPS) is 34.9. The molecule has 9 rings (SSSR count). The second kappa shape index (κ2) is 9.70. The van der Waals surface area contributed by atoms with E-state index in [4.69, 9.17) is 14.2 Å². The Kier molecular flexibility index (Phi) is 6.00. The Hall–Kier alpha value is -3.10. The number of carbonyl (C=O) groups is 2. The van der Waals surface area contributed by atoms with Gasteiger partial charge in [-0.25, -0.2) is 0 Å². The molecule has 8 heteroatoms. The average molecular weight is 600 g/mol. The zero-order valence-electron chi connectivity index (χ0n) is 25.2. The van der Waals surface area contributed by atoms with Gasteiger partial charge < -0.3 is 24.4 Å². The number of ketones is 2. The number of benzene rings is 2. The lowest BCUT2D eigenvalue weighted by molar-refractivity contribution is -0.173. The lowest BCUT2D eigenvalue weighted by Gasteiger charge is -2.63. The first-order valence-electron chi connectivity index (χ1n) is 16.8. The first-order valence-corrected chi connectivity index (χ1v) is 16.8. The van der Waals surface area contributed by atoms with E-state index in [2.05, 4.69) is 11.0 Å². The van der Waals surface area contributed by atoms with Gasteiger partial charge in [-0.1, -0.05) is 12.1 Å². The molecule has 4 fully saturated rings. The maximum atomic E-state index is 12.9. The lowest BCUT2D eigenvalue weighted by atomic mass is 9.49. The quantitative estimate of drug-likeness (QED) is 0.452. The number of phenolic OH excluding ortho intramolecular Hbond substituents is 1. The summed E-state index contributed by atoms with van der Waals surface area (Å²) < 4.78 is 18.6. The first kappa shape index (κ1) is 27.2. The van der Waals surface area contributed by atoms with Gasteiger partial charge in [0.15, 0.2) is 34.9 Å². The van der Waals surface area contributed by atoms with E-state index in [0.717, 1.165) is 49.6 Å². The number of carbonyl (C=O) groups excluding carboxylic acids is 2. The van der Waals surface area contributed by atoms with E-state index in [1.807, 2.05) is 18.2 Å². The number of rotatable bonds is 7. The van der Waals surface area contributed by atoms with Gasteiger partial charge in [0.05, 0.1) is 5.60 Å². The van der Waals surface area contributed by atoms with Crippen molar-refractivity contribution in [3.05, 3.63) is 46.5 Å². The molecule has 2 bridgehead atoms. The van der Waals surface area contributed by atoms with E-state index in [9.17, 15) is 19.8 Å². The Bertz CT molecular complexity index is 1570. The maximum absolute atomic E-state index is 12.9. The number of aromatic hydroxyl groups is 1. The number of aliphatic hydroxyl groups is 1. The number of fused-ring (bicyclic) bond motifs is 1. The van der Waals surface area contributed by atoms with E-state index < -0.39 is 11.0 Å². The summed E-state index contributed by atoms with van der Waals surface area (Å²) >= 11 is 0. The number of piperidine rings is 1. The molecule has 2 aliphatic heterocycles. The van der Waals surface area contributed by atoms with Gasteiger partial charge in [-0.2, -0.15) is 0 Å². The van der Waals surface area contributed by atoms with E-state index in [-0.39, 0.29) is 55.0 Å². The zero-order valence-corrected chi connectivity index (χ0v) is 25.2. The van der Waals surface area contributed by atoms with Crippen molar-refractivity contribution in [3.63, 3.8) is 0 Å². The number of aryl methyl sites for hydroxylation is 1. The fourth-order valence-electron chi connectivity index (χ4n) is 10.1. The minimum atomic E-state index is -1.05. The van der Waals surface area contributed by atoms with Crippen LogP contribution in [0.1, 0.15) is 86.0 Å². The standard InChI is InChI=1S/C36H41NO7/c38-24-11-12-36(41)28-17-23-7-9-26(32(40)31(23)35(36,18-24)13-14-37(28)19-20-1-2-20)42-15-16-43-27-10-6-22-4-3-21-5-8-25(39)33-29(21)30(22)34(27)44-33/h6-7,9-10,20-21,28-29,33,40-41H,1-5,8,11-19H2. The lowest BCUT2D eigenvalue weighted by Crippen LogP contribution is -2.73.